The Labute approximate surface area is 107 Å². The molecule has 1 aliphatic heterocycles. The van der Waals surface area contributed by atoms with Crippen LogP contribution in [0.5, 0.6) is 0 Å². The average molecular weight is 274 g/mol. The van der Waals surface area contributed by atoms with Crippen molar-refractivity contribution >= 4 is 21.2 Å². The minimum Gasteiger partial charge on any atom is -0.315 e. The van der Waals surface area contributed by atoms with Crippen molar-refractivity contribution in [2.45, 2.75) is 13.1 Å². The zero-order chi connectivity index (χ0) is 12.3. The fourth-order valence-corrected chi connectivity index (χ4v) is 4.25. The van der Waals surface area contributed by atoms with Gasteiger partial charge in [0.05, 0.1) is 11.5 Å². The second-order valence-corrected chi connectivity index (χ2v) is 7.88. The van der Waals surface area contributed by atoms with Crippen molar-refractivity contribution in [1.29, 1.82) is 0 Å². The van der Waals surface area contributed by atoms with Crippen molar-refractivity contribution in [3.05, 3.63) is 21.9 Å². The van der Waals surface area contributed by atoms with Crippen LogP contribution < -0.4 is 5.32 Å². The van der Waals surface area contributed by atoms with Gasteiger partial charge in [-0.25, -0.2) is 8.42 Å². The second-order valence-electron chi connectivity index (χ2n) is 4.33. The van der Waals surface area contributed by atoms with E-state index in [0.717, 1.165) is 13.1 Å². The number of hydrogen-bond acceptors (Lipinski definition) is 5. The maximum atomic E-state index is 11.3. The molecule has 2 heterocycles. The van der Waals surface area contributed by atoms with Crippen molar-refractivity contribution < 1.29 is 8.42 Å². The van der Waals surface area contributed by atoms with Crippen molar-refractivity contribution in [3.8, 4) is 0 Å². The van der Waals surface area contributed by atoms with Crippen molar-refractivity contribution in [1.82, 2.24) is 10.2 Å². The van der Waals surface area contributed by atoms with Crippen LogP contribution in [0.25, 0.3) is 0 Å². The van der Waals surface area contributed by atoms with Crippen LogP contribution in [0.15, 0.2) is 12.1 Å². The largest absolute Gasteiger partial charge is 0.315 e. The number of nitrogens with one attached hydrogen (secondary N) is 1. The monoisotopic (exact) mass is 274 g/mol. The molecule has 96 valence electrons. The Morgan fingerprint density at radius 2 is 1.94 bits per heavy atom. The van der Waals surface area contributed by atoms with Gasteiger partial charge in [-0.05, 0) is 19.2 Å². The number of nitrogens with zero attached hydrogens (tertiary/aromatic N) is 1. The third kappa shape index (κ3) is 3.77. The van der Waals surface area contributed by atoms with E-state index in [9.17, 15) is 8.42 Å². The van der Waals surface area contributed by atoms with Crippen molar-refractivity contribution in [3.63, 3.8) is 0 Å². The number of sulfone groups is 1. The van der Waals surface area contributed by atoms with E-state index >= 15 is 0 Å². The van der Waals surface area contributed by atoms with Gasteiger partial charge >= 0.3 is 0 Å². The van der Waals surface area contributed by atoms with Crippen molar-refractivity contribution in [2.24, 2.45) is 0 Å². The predicted octanol–water partition coefficient (Wildman–Crippen LogP) is 0.698. The van der Waals surface area contributed by atoms with Crippen LogP contribution >= 0.6 is 11.3 Å². The lowest BCUT2D eigenvalue weighted by molar-refractivity contribution is 0.290. The molecule has 0 spiro atoms. The molecule has 1 fully saturated rings. The summed E-state index contributed by atoms with van der Waals surface area (Å²) < 4.78 is 22.6. The van der Waals surface area contributed by atoms with Crippen LogP contribution in [0.4, 0.5) is 0 Å². The molecule has 2 rings (SSSR count). The van der Waals surface area contributed by atoms with E-state index < -0.39 is 9.84 Å². The smallest absolute Gasteiger partial charge is 0.152 e. The summed E-state index contributed by atoms with van der Waals surface area (Å²) in [4.78, 5) is 4.86. The lowest BCUT2D eigenvalue weighted by atomic mass is 10.4. The van der Waals surface area contributed by atoms with Crippen LogP contribution in [0.3, 0.4) is 0 Å². The van der Waals surface area contributed by atoms with Crippen LogP contribution in [-0.4, -0.2) is 45.0 Å². The van der Waals surface area contributed by atoms with Crippen LogP contribution in [0.2, 0.25) is 0 Å². The van der Waals surface area contributed by atoms with E-state index in [4.69, 9.17) is 0 Å². The molecule has 1 aromatic rings. The first-order valence-electron chi connectivity index (χ1n) is 5.74. The van der Waals surface area contributed by atoms with Crippen LogP contribution in [0, 0.1) is 0 Å². The first-order valence-corrected chi connectivity index (χ1v) is 8.38. The Kier molecular flexibility index (Phi) is 4.19. The maximum absolute atomic E-state index is 11.3. The van der Waals surface area contributed by atoms with Gasteiger partial charge in [0.2, 0.25) is 0 Å². The van der Waals surface area contributed by atoms with Gasteiger partial charge in [0.25, 0.3) is 0 Å². The summed E-state index contributed by atoms with van der Waals surface area (Å²) in [5.74, 6) is 0.615. The van der Waals surface area contributed by atoms with E-state index in [1.54, 1.807) is 11.3 Å². The molecule has 0 aromatic carbocycles. The fourth-order valence-electron chi connectivity index (χ4n) is 1.91. The molecule has 1 aliphatic rings. The van der Waals surface area contributed by atoms with E-state index in [1.165, 1.54) is 9.75 Å². The number of hydrogen-bond donors (Lipinski definition) is 1. The highest BCUT2D eigenvalue weighted by molar-refractivity contribution is 7.91. The SMILES string of the molecule is CNCc1ccc(CN2CCS(=O)(=O)CC2)s1. The maximum Gasteiger partial charge on any atom is 0.152 e. The van der Waals surface area contributed by atoms with Crippen LogP contribution in [0.1, 0.15) is 9.75 Å². The molecule has 4 nitrogen and oxygen atoms in total. The van der Waals surface area contributed by atoms with E-state index in [1.807, 2.05) is 7.05 Å². The number of thiophene rings is 1. The normalized spacial score (nSPS) is 20.5. The Hall–Kier alpha value is -0.430. The topological polar surface area (TPSA) is 49.4 Å². The van der Waals surface area contributed by atoms with Gasteiger partial charge in [0, 0.05) is 35.9 Å². The molecule has 0 aliphatic carbocycles. The first-order chi connectivity index (χ1) is 8.09. The molecule has 0 atom stereocenters. The highest BCUT2D eigenvalue weighted by atomic mass is 32.2. The molecule has 0 unspecified atom stereocenters. The second kappa shape index (κ2) is 5.48. The first kappa shape index (κ1) is 13.0. The van der Waals surface area contributed by atoms with E-state index in [-0.39, 0.29) is 0 Å². The molecule has 1 saturated heterocycles. The van der Waals surface area contributed by atoms with E-state index in [2.05, 4.69) is 22.3 Å². The Balaban J connectivity index is 1.88. The fraction of sp³-hybridized carbons (Fsp3) is 0.636. The molecule has 0 amide bonds. The Bertz CT molecular complexity index is 454. The molecule has 1 N–H and O–H groups in total. The highest BCUT2D eigenvalue weighted by Crippen LogP contribution is 2.19. The summed E-state index contributed by atoms with van der Waals surface area (Å²) in [7, 11) is -0.820. The van der Waals surface area contributed by atoms with Gasteiger partial charge in [-0.2, -0.15) is 0 Å². The molecular weight excluding hydrogens is 256 g/mol. The zero-order valence-corrected chi connectivity index (χ0v) is 11.6. The molecule has 0 saturated carbocycles. The Morgan fingerprint density at radius 3 is 2.59 bits per heavy atom. The molecular formula is C11H18N2O2S2. The standard InChI is InChI=1S/C11H18N2O2S2/c1-12-8-10-2-3-11(16-10)9-13-4-6-17(14,15)7-5-13/h2-3,12H,4-9H2,1H3. The third-order valence-corrected chi connectivity index (χ3v) is 5.56. The van der Waals surface area contributed by atoms with Gasteiger partial charge in [0.1, 0.15) is 0 Å². The summed E-state index contributed by atoms with van der Waals surface area (Å²) in [5.41, 5.74) is 0. The molecule has 1 aromatic heterocycles. The highest BCUT2D eigenvalue weighted by Gasteiger charge is 2.21. The van der Waals surface area contributed by atoms with Gasteiger partial charge < -0.3 is 5.32 Å². The lowest BCUT2D eigenvalue weighted by Crippen LogP contribution is -2.39. The molecule has 0 bridgehead atoms. The summed E-state index contributed by atoms with van der Waals surface area (Å²) in [6.07, 6.45) is 0. The van der Waals surface area contributed by atoms with Crippen molar-refractivity contribution in [2.75, 3.05) is 31.6 Å². The van der Waals surface area contributed by atoms with E-state index in [0.29, 0.717) is 24.6 Å². The molecule has 0 radical (unpaired) electrons. The zero-order valence-electron chi connectivity index (χ0n) is 9.98. The minimum atomic E-state index is -2.76. The van der Waals surface area contributed by atoms with Gasteiger partial charge in [-0.1, -0.05) is 0 Å². The molecule has 17 heavy (non-hydrogen) atoms. The quantitative estimate of drug-likeness (QED) is 0.878. The van der Waals surface area contributed by atoms with Gasteiger partial charge in [-0.3, -0.25) is 4.90 Å². The Morgan fingerprint density at radius 1 is 1.29 bits per heavy atom. The van der Waals surface area contributed by atoms with Gasteiger partial charge in [-0.15, -0.1) is 11.3 Å². The van der Waals surface area contributed by atoms with Crippen LogP contribution in [-0.2, 0) is 22.9 Å². The summed E-state index contributed by atoms with van der Waals surface area (Å²) in [6, 6.07) is 4.28. The number of rotatable bonds is 4. The summed E-state index contributed by atoms with van der Waals surface area (Å²) in [6.45, 7) is 3.12. The average Bonchev–Trinajstić information content (AvgIpc) is 2.70. The lowest BCUT2D eigenvalue weighted by Gasteiger charge is -2.25. The third-order valence-electron chi connectivity index (χ3n) is 2.88. The van der Waals surface area contributed by atoms with Gasteiger partial charge in [0.15, 0.2) is 9.84 Å². The molecule has 6 heteroatoms. The summed E-state index contributed by atoms with van der Waals surface area (Å²) in [5, 5.41) is 3.13. The predicted molar refractivity (Wildman–Crippen MR) is 71.0 cm³/mol. The summed E-state index contributed by atoms with van der Waals surface area (Å²) >= 11 is 1.80. The minimum absolute atomic E-state index is 0.307.